The van der Waals surface area contributed by atoms with Gasteiger partial charge in [0, 0.05) is 166 Å². The summed E-state index contributed by atoms with van der Waals surface area (Å²) >= 11 is 0. The molecule has 0 atom stereocenters. The van der Waals surface area contributed by atoms with E-state index in [0.717, 1.165) is 56.6 Å². The van der Waals surface area contributed by atoms with Gasteiger partial charge in [-0.3, -0.25) is 23.4 Å². The van der Waals surface area contributed by atoms with Crippen LogP contribution in [0.4, 0.5) is 0 Å². The van der Waals surface area contributed by atoms with E-state index in [2.05, 4.69) is 381 Å². The predicted molar refractivity (Wildman–Crippen MR) is 503 cm³/mol. The van der Waals surface area contributed by atoms with Crippen LogP contribution in [0.5, 0.6) is 0 Å². The third-order valence-electron chi connectivity index (χ3n) is 24.0. The summed E-state index contributed by atoms with van der Waals surface area (Å²) in [4.78, 5) is 0. The summed E-state index contributed by atoms with van der Waals surface area (Å²) < 4.78 is 9.81. The number of hydrogen-bond donors (Lipinski definition) is 0. The first-order chi connectivity index (χ1) is 60.0. The number of rotatable bonds is 13. The second-order valence-electron chi connectivity index (χ2n) is 33.0. The van der Waals surface area contributed by atoms with Crippen molar-refractivity contribution in [2.24, 2.45) is 0 Å². The zero-order chi connectivity index (χ0) is 84.6. The van der Waals surface area contributed by atoms with Crippen molar-refractivity contribution in [3.05, 3.63) is 458 Å². The van der Waals surface area contributed by atoms with E-state index in [1.165, 1.54) is 111 Å². The molecule has 1 aliphatic carbocycles. The van der Waals surface area contributed by atoms with E-state index in [9.17, 15) is 0 Å². The van der Waals surface area contributed by atoms with Crippen LogP contribution in [0.1, 0.15) is 100 Å². The average Bonchev–Trinajstić information content (AvgIpc) is 1.42. The Morgan fingerprint density at radius 2 is 0.727 bits per heavy atom. The molecule has 0 amide bonds. The molecule has 0 unspecified atom stereocenters. The Hall–Kier alpha value is -11.6. The van der Waals surface area contributed by atoms with E-state index in [-0.39, 0.29) is 117 Å². The quantitative estimate of drug-likeness (QED) is 0.107. The molecule has 2 aliphatic rings. The maximum Gasteiger partial charge on any atom is 0.0728 e. The fourth-order valence-corrected chi connectivity index (χ4v) is 16.9. The van der Waals surface area contributed by atoms with Gasteiger partial charge in [-0.25, -0.2) is 0 Å². The summed E-state index contributed by atoms with van der Waals surface area (Å²) in [5.41, 5.74) is 35.3. The van der Waals surface area contributed by atoms with Crippen molar-refractivity contribution in [1.29, 1.82) is 0 Å². The van der Waals surface area contributed by atoms with Crippen LogP contribution in [-0.2, 0) is 117 Å². The number of nitrogens with zero attached hydrogens (tertiary/aromatic N) is 10. The molecule has 0 fully saturated rings. The summed E-state index contributed by atoms with van der Waals surface area (Å²) in [6.45, 7) is 22.4. The van der Waals surface area contributed by atoms with Crippen molar-refractivity contribution in [3.63, 3.8) is 0 Å². The van der Waals surface area contributed by atoms with Crippen molar-refractivity contribution in [2.45, 2.75) is 91.4 Å². The number of para-hydroxylation sites is 3. The summed E-state index contributed by atoms with van der Waals surface area (Å²) in [6.07, 6.45) is 11.2. The SMILES string of the molecule is CC(C)c1cc(-c2ccccc2)c(-c2ccnn2-c2[c-]cccc2)c(-c2ccccc2)c1.CC1(C)c2ccc[c-]c2-n2nccc2C1(C)C.CC1(C)c2ccccc2-c2c[c-]c(-n3cccn3)cc21.Cc1c[c-]c(-n2nccc2-c2ccccc2)c(C)c1.[Ir].[Ir].[Ir].[Ir].[Ir].[c-]1ccccc1-n1nccc1-c1c(-c2ccccc2)cc(-c2ccccc2)cc1-c1ccccc1. The predicted octanol–water partition coefficient (Wildman–Crippen LogP) is 27.3. The Labute approximate surface area is 820 Å². The fraction of sp³-hybridized carbons (Fsp3) is 0.124. The van der Waals surface area contributed by atoms with Gasteiger partial charge in [-0.05, 0) is 154 Å². The first-order valence-corrected chi connectivity index (χ1v) is 42.0. The Bertz CT molecular complexity index is 6690. The molecule has 0 saturated carbocycles. The van der Waals surface area contributed by atoms with E-state index < -0.39 is 0 Å². The Balaban J connectivity index is 0.000000148. The van der Waals surface area contributed by atoms with Crippen LogP contribution in [-0.4, -0.2) is 48.9 Å². The van der Waals surface area contributed by atoms with Crippen LogP contribution in [0.25, 0.3) is 129 Å². The molecule has 0 spiro atoms. The minimum absolute atomic E-state index is 0. The molecule has 5 radical (unpaired) electrons. The molecule has 0 bridgehead atoms. The first kappa shape index (κ1) is 95.5. The molecular weight excluding hydrogens is 2460 g/mol. The van der Waals surface area contributed by atoms with Crippen LogP contribution in [0.15, 0.2) is 389 Å². The van der Waals surface area contributed by atoms with Gasteiger partial charge in [0.25, 0.3) is 0 Å². The molecule has 0 N–H and O–H groups in total. The molecule has 6 heterocycles. The summed E-state index contributed by atoms with van der Waals surface area (Å²) in [7, 11) is 0. The normalized spacial score (nSPS) is 12.2. The maximum absolute atomic E-state index is 4.70. The molecular formula is C113H95Ir5N10-5. The van der Waals surface area contributed by atoms with Crippen LogP contribution in [0.2, 0.25) is 0 Å². The van der Waals surface area contributed by atoms with Gasteiger partial charge in [0.05, 0.1) is 17.1 Å². The Morgan fingerprint density at radius 3 is 1.21 bits per heavy atom. The number of aryl methyl sites for hydroxylation is 2. The van der Waals surface area contributed by atoms with Crippen LogP contribution >= 0.6 is 0 Å². The van der Waals surface area contributed by atoms with Crippen molar-refractivity contribution in [1.82, 2.24) is 48.9 Å². The van der Waals surface area contributed by atoms with Crippen LogP contribution in [0, 0.1) is 44.2 Å². The largest absolute Gasteiger partial charge is 0.266 e. The summed E-state index contributed by atoms with van der Waals surface area (Å²) in [5.74, 6) is 0.418. The molecule has 0 saturated heterocycles. The third kappa shape index (κ3) is 19.8. The van der Waals surface area contributed by atoms with Gasteiger partial charge in [-0.1, -0.05) is 293 Å². The molecule has 21 rings (SSSR count). The topological polar surface area (TPSA) is 89.1 Å². The van der Waals surface area contributed by atoms with Crippen molar-refractivity contribution < 1.29 is 101 Å². The Morgan fingerprint density at radius 1 is 0.289 bits per heavy atom. The van der Waals surface area contributed by atoms with Crippen LogP contribution < -0.4 is 0 Å². The van der Waals surface area contributed by atoms with Crippen molar-refractivity contribution >= 4 is 0 Å². The number of aromatic nitrogens is 10. The second kappa shape index (κ2) is 42.5. The fourth-order valence-electron chi connectivity index (χ4n) is 16.9. The van der Waals surface area contributed by atoms with Gasteiger partial charge in [-0.15, -0.1) is 40.5 Å². The van der Waals surface area contributed by atoms with Gasteiger partial charge in [-0.2, -0.15) is 134 Å². The van der Waals surface area contributed by atoms with Gasteiger partial charge >= 0.3 is 0 Å². The molecule has 15 heteroatoms. The summed E-state index contributed by atoms with van der Waals surface area (Å²) in [5, 5.41) is 22.6. The van der Waals surface area contributed by atoms with E-state index >= 15 is 0 Å². The van der Waals surface area contributed by atoms with Gasteiger partial charge in [0.2, 0.25) is 0 Å². The van der Waals surface area contributed by atoms with Crippen LogP contribution in [0.3, 0.4) is 0 Å². The molecule has 128 heavy (non-hydrogen) atoms. The zero-order valence-corrected chi connectivity index (χ0v) is 84.6. The van der Waals surface area contributed by atoms with E-state index in [4.69, 9.17) is 5.10 Å². The molecule has 10 nitrogen and oxygen atoms in total. The monoisotopic (exact) mass is 2560 g/mol. The molecule has 14 aromatic carbocycles. The molecule has 5 aromatic heterocycles. The summed E-state index contributed by atoms with van der Waals surface area (Å²) in [6, 6.07) is 139. The molecule has 19 aromatic rings. The smallest absolute Gasteiger partial charge is 0.0728 e. The van der Waals surface area contributed by atoms with E-state index in [1.54, 1.807) is 6.20 Å². The molecule has 647 valence electrons. The zero-order valence-electron chi connectivity index (χ0n) is 72.7. The van der Waals surface area contributed by atoms with Crippen molar-refractivity contribution in [3.8, 4) is 129 Å². The van der Waals surface area contributed by atoms with Gasteiger partial charge in [0.15, 0.2) is 0 Å². The Kier molecular flexibility index (Phi) is 31.7. The average molecular weight is 2550 g/mol. The van der Waals surface area contributed by atoms with E-state index in [1.807, 2.05) is 145 Å². The number of benzene rings is 14. The third-order valence-corrected chi connectivity index (χ3v) is 24.0. The maximum atomic E-state index is 4.70. The second-order valence-corrected chi connectivity index (χ2v) is 33.0. The molecule has 1 aliphatic heterocycles. The first-order valence-electron chi connectivity index (χ1n) is 42.0. The standard InChI is InChI=1S/C33H23N2.C30H25N2.C18H15N2.C17H15N2.C15H17N2.5Ir/c1-5-13-25(14-6-1)28-23-30(26-15-7-2-8-16-26)33(31(24-28)27-17-9-3-10-18-27)32-21-22-34-35(32)29-19-11-4-12-20-29;1-22(2)25-20-27(23-12-6-3-7-13-23)30(28(21-25)24-14-8-4-9-15-24)29-18-19-31-32(29)26-16-10-5-11-17-26;1-18(2)16-7-4-3-6-14(16)15-9-8-13(12-17(15)18)20-11-5-10-19-20;1-13-8-9-16(14(2)12-13)19-17(10-11-18-19)15-6-4-3-5-7-15;1-14(2)11-7-5-6-8-12(11)17-13(9-10-16-17)15(14,3)4;;;;;/h1-19,21-24H;3-16,18-22H,1-2H3;3-7,9-12H,1-2H3;3-8,10-12H,1-2H3;5-7,9-10H,1-4H3;;;;;/q5*-1;;;;;. The van der Waals surface area contributed by atoms with Crippen molar-refractivity contribution in [2.75, 3.05) is 0 Å². The van der Waals surface area contributed by atoms with E-state index in [0.29, 0.717) is 5.92 Å². The van der Waals surface area contributed by atoms with Gasteiger partial charge in [0.1, 0.15) is 0 Å². The minimum Gasteiger partial charge on any atom is -0.266 e. The number of fused-ring (bicyclic) bond motifs is 6. The van der Waals surface area contributed by atoms with Gasteiger partial charge < -0.3 is 0 Å². The number of hydrogen-bond acceptors (Lipinski definition) is 5. The minimum atomic E-state index is 0.